The van der Waals surface area contributed by atoms with Crippen LogP contribution in [0.25, 0.3) is 153 Å². The maximum atomic E-state index is 4.85. The Morgan fingerprint density at radius 2 is 0.606 bits per heavy atom. The van der Waals surface area contributed by atoms with Gasteiger partial charge in [-0.25, -0.2) is 5.56 Å². The van der Waals surface area contributed by atoms with Crippen molar-refractivity contribution >= 4 is 35.3 Å². The Morgan fingerprint density at radius 3 is 1.00 bits per heavy atom. The Morgan fingerprint density at radius 1 is 0.253 bits per heavy atom. The molecule has 0 aliphatic heterocycles. The second-order valence-electron chi connectivity index (χ2n) is 23.1. The van der Waals surface area contributed by atoms with Gasteiger partial charge in [0, 0.05) is 24.8 Å². The third-order valence-electron chi connectivity index (χ3n) is 16.7. The van der Waals surface area contributed by atoms with Gasteiger partial charge in [-0.05, 0) is 137 Å². The zero-order valence-corrected chi connectivity index (χ0v) is 58.0. The first-order valence-corrected chi connectivity index (χ1v) is 31.9. The molecule has 9 heteroatoms. The Kier molecular flexibility index (Phi) is 20.9. The minimum absolute atomic E-state index is 0. The van der Waals surface area contributed by atoms with Crippen molar-refractivity contribution in [3.63, 3.8) is 0 Å². The maximum absolute atomic E-state index is 4.85. The third-order valence-corrected chi connectivity index (χ3v) is 16.7. The number of fused-ring (bicyclic) bond motifs is 1. The molecular weight excluding hydrogens is 1560 g/mol. The van der Waals surface area contributed by atoms with Crippen molar-refractivity contribution in [2.24, 2.45) is 0 Å². The first-order chi connectivity index (χ1) is 48.0. The predicted molar refractivity (Wildman–Crippen MR) is 395 cm³/mol. The molecule has 0 bridgehead atoms. The molecule has 0 aliphatic carbocycles. The van der Waals surface area contributed by atoms with Crippen molar-refractivity contribution in [1.82, 2.24) is 34.9 Å². The van der Waals surface area contributed by atoms with Gasteiger partial charge in [0.2, 0.25) is 0 Å². The molecule has 0 unspecified atom stereocenters. The van der Waals surface area contributed by atoms with Gasteiger partial charge >= 0.3 is 40.2 Å². The van der Waals surface area contributed by atoms with Gasteiger partial charge in [-0.2, -0.15) is 20.7 Å². The Labute approximate surface area is 604 Å². The fourth-order valence-electron chi connectivity index (χ4n) is 11.8. The summed E-state index contributed by atoms with van der Waals surface area (Å²) in [7, 11) is 0. The summed E-state index contributed by atoms with van der Waals surface area (Å²) >= 11 is 0. The minimum atomic E-state index is 0. The molecule has 16 aromatic rings. The van der Waals surface area contributed by atoms with Gasteiger partial charge in [0.05, 0.1) is 0 Å². The zero-order chi connectivity index (χ0) is 65.0. The second-order valence-corrected chi connectivity index (χ2v) is 23.1. The van der Waals surface area contributed by atoms with Gasteiger partial charge in [0.25, 0.3) is 0 Å². The molecule has 5 aromatic heterocycles. The topological polar surface area (TPSA) is 82.3 Å². The van der Waals surface area contributed by atoms with Crippen molar-refractivity contribution in [3.05, 3.63) is 381 Å². The molecule has 0 fully saturated rings. The SMILES string of the molecule is [Ir+3].[Ir+3].[c-]1cc(-c2ccccc2-c2cc(/C=C\c3ccc(-c4[c-]cccc4)nc3)cc(-c3ccccc3-c3ccc(-c4[c-]cccc4)nc3)c2)c[c-]c1-n1nc2ccccc2n1.[c-]1ccccc1-c1ccc(/C=C\c2cccc(-c3ccccc3-c3ccc(-c4[c-]cccc4)nc3)c2)cn1. The van der Waals surface area contributed by atoms with E-state index in [0.29, 0.717) is 5.69 Å². The van der Waals surface area contributed by atoms with Crippen LogP contribution in [-0.4, -0.2) is 34.9 Å². The number of nitrogens with zero attached hydrogens (tertiary/aromatic N) is 7. The monoisotopic (exact) mass is 1620 g/mol. The zero-order valence-electron chi connectivity index (χ0n) is 53.2. The van der Waals surface area contributed by atoms with Crippen LogP contribution in [0.1, 0.15) is 22.3 Å². The quantitative estimate of drug-likeness (QED) is 0.0951. The van der Waals surface area contributed by atoms with Crippen molar-refractivity contribution in [2.75, 3.05) is 0 Å². The summed E-state index contributed by atoms with van der Waals surface area (Å²) in [6.45, 7) is 0. The smallest absolute Gasteiger partial charge is 0.330 e. The molecule has 11 aromatic carbocycles. The Balaban J connectivity index is 0.000000191. The van der Waals surface area contributed by atoms with E-state index >= 15 is 0 Å². The van der Waals surface area contributed by atoms with Gasteiger partial charge in [0.1, 0.15) is 11.0 Å². The van der Waals surface area contributed by atoms with Crippen LogP contribution in [0.3, 0.4) is 0 Å². The number of hydrogen-bond acceptors (Lipinski definition) is 6. The molecule has 0 spiro atoms. The van der Waals surface area contributed by atoms with Crippen molar-refractivity contribution < 1.29 is 40.2 Å². The molecule has 0 saturated heterocycles. The number of pyridine rings is 4. The fraction of sp³-hybridized carbons (Fsp3) is 0. The number of benzene rings is 11. The summed E-state index contributed by atoms with van der Waals surface area (Å²) in [4.78, 5) is 20.5. The van der Waals surface area contributed by atoms with E-state index in [9.17, 15) is 0 Å². The predicted octanol–water partition coefficient (Wildman–Crippen LogP) is 21.5. The largest absolute Gasteiger partial charge is 3.00 e. The van der Waals surface area contributed by atoms with Crippen LogP contribution in [0.4, 0.5) is 0 Å². The van der Waals surface area contributed by atoms with Crippen molar-refractivity contribution in [2.45, 2.75) is 0 Å². The van der Waals surface area contributed by atoms with Crippen LogP contribution >= 0.6 is 0 Å². The van der Waals surface area contributed by atoms with Gasteiger partial charge in [-0.3, -0.25) is 12.1 Å². The maximum Gasteiger partial charge on any atom is 3.00 e. The van der Waals surface area contributed by atoms with E-state index < -0.39 is 0 Å². The summed E-state index contributed by atoms with van der Waals surface area (Å²) < 4.78 is 0. The molecule has 0 N–H and O–H groups in total. The summed E-state index contributed by atoms with van der Waals surface area (Å²) in [6, 6.07) is 121. The van der Waals surface area contributed by atoms with Crippen LogP contribution in [-0.2, 0) is 40.2 Å². The molecule has 470 valence electrons. The van der Waals surface area contributed by atoms with E-state index in [-0.39, 0.29) is 40.2 Å². The van der Waals surface area contributed by atoms with E-state index in [4.69, 9.17) is 15.0 Å². The molecule has 99 heavy (non-hydrogen) atoms. The van der Waals surface area contributed by atoms with Gasteiger partial charge in [-0.15, -0.1) is 149 Å². The normalized spacial score (nSPS) is 11.0. The van der Waals surface area contributed by atoms with Crippen molar-refractivity contribution in [1.29, 1.82) is 0 Å². The molecule has 0 aliphatic rings. The first-order valence-electron chi connectivity index (χ1n) is 31.9. The third kappa shape index (κ3) is 15.6. The molecule has 16 rings (SSSR count). The number of hydrogen-bond donors (Lipinski definition) is 0. The van der Waals surface area contributed by atoms with E-state index in [2.05, 4.69) is 228 Å². The summed E-state index contributed by atoms with van der Waals surface area (Å²) in [5.74, 6) is 0. The van der Waals surface area contributed by atoms with E-state index in [0.717, 1.165) is 140 Å². The second kappa shape index (κ2) is 31.4. The number of aromatic nitrogens is 7. The van der Waals surface area contributed by atoms with Crippen LogP contribution in [0.2, 0.25) is 0 Å². The summed E-state index contributed by atoms with van der Waals surface area (Å²) in [6.07, 6.45) is 16.2. The molecule has 0 saturated carbocycles. The summed E-state index contributed by atoms with van der Waals surface area (Å²) in [5.41, 5.74) is 27.3. The molecule has 5 heterocycles. The molecule has 0 radical (unpaired) electrons. The fourth-order valence-corrected chi connectivity index (χ4v) is 11.8. The van der Waals surface area contributed by atoms with Crippen LogP contribution in [0, 0.1) is 36.4 Å². The molecule has 0 atom stereocenters. The van der Waals surface area contributed by atoms with Crippen LogP contribution in [0.5, 0.6) is 0 Å². The molecule has 0 amide bonds. The van der Waals surface area contributed by atoms with Crippen LogP contribution < -0.4 is 0 Å². The average molecular weight is 1620 g/mol. The standard InChI is InChI=1S/C54H33N5.C36H24N2.2Ir/c1-3-13-41(14-4-1)51-31-25-38(36-55-51)23-24-39-33-44(35-45(34-39)50-20-10-8-18-48(50)43-28-32-52(56-37-43)42-15-5-2-6-16-42)49-19-9-7-17-47(49)40-26-29-46(30-27-40)59-57-53-21-11-12-22-54(53)58-59;1-3-11-29(12-4-1)35-22-20-28(25-37-35)19-18-27-10-9-15-31(24-27)33-16-7-8-17-34(33)32-21-23-36(38-26-32)30-13-5-2-6-14-30;;/h1-13,15,17-28,31-37H;1-11,13,15-26H;;/q-4;-2;2*+3/b24-23-;19-18-;;. The summed E-state index contributed by atoms with van der Waals surface area (Å²) in [5, 5.41) is 9.26. The van der Waals surface area contributed by atoms with Gasteiger partial charge in [-0.1, -0.05) is 176 Å². The minimum Gasteiger partial charge on any atom is -0.330 e. The van der Waals surface area contributed by atoms with Crippen LogP contribution in [0.15, 0.2) is 322 Å². The number of rotatable bonds is 15. The Hall–Kier alpha value is -11.8. The average Bonchev–Trinajstić information content (AvgIpc) is 0.958. The van der Waals surface area contributed by atoms with E-state index in [1.165, 1.54) is 5.56 Å². The van der Waals surface area contributed by atoms with Gasteiger partial charge in [0.15, 0.2) is 0 Å². The molecule has 7 nitrogen and oxygen atoms in total. The van der Waals surface area contributed by atoms with Gasteiger partial charge < -0.3 is 32.1 Å². The molecular formula is C90H57Ir2N7. The first kappa shape index (κ1) is 65.8. The van der Waals surface area contributed by atoms with Crippen molar-refractivity contribution in [3.8, 4) is 117 Å². The van der Waals surface area contributed by atoms with E-state index in [1.54, 1.807) is 4.80 Å². The Bertz CT molecular complexity index is 5360. The van der Waals surface area contributed by atoms with E-state index in [1.807, 2.05) is 170 Å².